The monoisotopic (exact) mass is 283 g/mol. The number of aromatic amines is 1. The van der Waals surface area contributed by atoms with Crippen LogP contribution in [0.3, 0.4) is 0 Å². The molecule has 7 nitrogen and oxygen atoms in total. The van der Waals surface area contributed by atoms with Crippen LogP contribution in [0.5, 0.6) is 0 Å². The van der Waals surface area contributed by atoms with E-state index in [1.807, 2.05) is 17.1 Å². The molecule has 0 amide bonds. The standard InChI is InChI=1S/C14H17N7/c1-2-21-8-17-12-13(15-7-16-14(12)21)19-10-3-4-11-9(5-10)6-18-20-11/h6-8,10H,2-5H2,1H3,(H,18,20)(H,15,16,19). The van der Waals surface area contributed by atoms with Crippen molar-refractivity contribution in [2.75, 3.05) is 5.32 Å². The zero-order chi connectivity index (χ0) is 14.2. The first-order valence-electron chi connectivity index (χ1n) is 7.28. The van der Waals surface area contributed by atoms with E-state index in [1.54, 1.807) is 6.33 Å². The number of H-pyrrole nitrogens is 1. The molecule has 108 valence electrons. The normalized spacial score (nSPS) is 17.9. The minimum absolute atomic E-state index is 0.361. The van der Waals surface area contributed by atoms with Gasteiger partial charge in [-0.1, -0.05) is 0 Å². The summed E-state index contributed by atoms with van der Waals surface area (Å²) in [6.45, 7) is 2.94. The fraction of sp³-hybridized carbons (Fsp3) is 0.429. The summed E-state index contributed by atoms with van der Waals surface area (Å²) in [6.07, 6.45) is 8.39. The molecule has 1 unspecified atom stereocenters. The molecule has 3 aromatic heterocycles. The van der Waals surface area contributed by atoms with Crippen LogP contribution in [0.2, 0.25) is 0 Å². The van der Waals surface area contributed by atoms with E-state index in [2.05, 4.69) is 37.4 Å². The fourth-order valence-corrected chi connectivity index (χ4v) is 2.95. The van der Waals surface area contributed by atoms with Gasteiger partial charge in [0.25, 0.3) is 0 Å². The third-order valence-electron chi connectivity index (χ3n) is 4.10. The minimum atomic E-state index is 0.361. The maximum atomic E-state index is 4.45. The van der Waals surface area contributed by atoms with Crippen molar-refractivity contribution in [3.63, 3.8) is 0 Å². The molecule has 1 aliphatic rings. The molecule has 0 saturated carbocycles. The van der Waals surface area contributed by atoms with Crippen LogP contribution in [0.25, 0.3) is 11.2 Å². The van der Waals surface area contributed by atoms with Gasteiger partial charge in [-0.3, -0.25) is 5.10 Å². The van der Waals surface area contributed by atoms with Crippen molar-refractivity contribution in [3.8, 4) is 0 Å². The second kappa shape index (κ2) is 4.83. The molecule has 0 saturated heterocycles. The molecule has 1 atom stereocenters. The Kier molecular flexibility index (Phi) is 2.83. The Morgan fingerprint density at radius 1 is 1.38 bits per heavy atom. The quantitative estimate of drug-likeness (QED) is 0.761. The van der Waals surface area contributed by atoms with Crippen molar-refractivity contribution in [1.82, 2.24) is 29.7 Å². The average Bonchev–Trinajstić information content (AvgIpc) is 3.13. The highest BCUT2D eigenvalue weighted by Gasteiger charge is 2.21. The third kappa shape index (κ3) is 2.05. The van der Waals surface area contributed by atoms with Gasteiger partial charge in [-0.05, 0) is 31.7 Å². The first-order chi connectivity index (χ1) is 10.3. The predicted molar refractivity (Wildman–Crippen MR) is 79.0 cm³/mol. The predicted octanol–water partition coefficient (Wildman–Crippen LogP) is 1.54. The highest BCUT2D eigenvalue weighted by atomic mass is 15.2. The Morgan fingerprint density at radius 2 is 2.33 bits per heavy atom. The lowest BCUT2D eigenvalue weighted by Gasteiger charge is -2.23. The highest BCUT2D eigenvalue weighted by Crippen LogP contribution is 2.24. The molecule has 4 rings (SSSR count). The van der Waals surface area contributed by atoms with Gasteiger partial charge in [0.2, 0.25) is 0 Å². The number of hydrogen-bond acceptors (Lipinski definition) is 5. The summed E-state index contributed by atoms with van der Waals surface area (Å²) in [5.74, 6) is 0.823. The van der Waals surface area contributed by atoms with Gasteiger partial charge < -0.3 is 9.88 Å². The maximum Gasteiger partial charge on any atom is 0.165 e. The zero-order valence-electron chi connectivity index (χ0n) is 11.9. The molecule has 3 aromatic rings. The van der Waals surface area contributed by atoms with Gasteiger partial charge in [0.05, 0.1) is 12.5 Å². The molecule has 0 aromatic carbocycles. The summed E-state index contributed by atoms with van der Waals surface area (Å²) in [6, 6.07) is 0.361. The summed E-state index contributed by atoms with van der Waals surface area (Å²) >= 11 is 0. The number of aromatic nitrogens is 6. The number of anilines is 1. The number of nitrogens with one attached hydrogen (secondary N) is 2. The van der Waals surface area contributed by atoms with Crippen LogP contribution in [0.4, 0.5) is 5.82 Å². The van der Waals surface area contributed by atoms with Crippen molar-refractivity contribution in [2.24, 2.45) is 0 Å². The second-order valence-corrected chi connectivity index (χ2v) is 5.38. The Balaban J connectivity index is 1.62. The van der Waals surface area contributed by atoms with Crippen LogP contribution in [0, 0.1) is 0 Å². The van der Waals surface area contributed by atoms with Gasteiger partial charge in [0.1, 0.15) is 11.8 Å². The minimum Gasteiger partial charge on any atom is -0.365 e. The van der Waals surface area contributed by atoms with Crippen LogP contribution in [0.1, 0.15) is 24.6 Å². The van der Waals surface area contributed by atoms with E-state index in [0.29, 0.717) is 6.04 Å². The first-order valence-corrected chi connectivity index (χ1v) is 7.28. The van der Waals surface area contributed by atoms with Crippen molar-refractivity contribution >= 4 is 17.0 Å². The SMILES string of the molecule is CCn1cnc2c(NC3CCc4[nH]ncc4C3)ncnc21. The fourth-order valence-electron chi connectivity index (χ4n) is 2.95. The molecule has 0 fully saturated rings. The van der Waals surface area contributed by atoms with Crippen molar-refractivity contribution in [1.29, 1.82) is 0 Å². The van der Waals surface area contributed by atoms with Gasteiger partial charge in [0, 0.05) is 18.3 Å². The molecule has 0 aliphatic heterocycles. The zero-order valence-corrected chi connectivity index (χ0v) is 11.9. The summed E-state index contributed by atoms with van der Waals surface area (Å²) < 4.78 is 2.03. The summed E-state index contributed by atoms with van der Waals surface area (Å²) in [7, 11) is 0. The second-order valence-electron chi connectivity index (χ2n) is 5.38. The van der Waals surface area contributed by atoms with Crippen molar-refractivity contribution < 1.29 is 0 Å². The topological polar surface area (TPSA) is 84.3 Å². The first kappa shape index (κ1) is 12.3. The number of imidazole rings is 1. The van der Waals surface area contributed by atoms with Crippen LogP contribution >= 0.6 is 0 Å². The van der Waals surface area contributed by atoms with E-state index in [-0.39, 0.29) is 0 Å². The van der Waals surface area contributed by atoms with Crippen LogP contribution in [-0.4, -0.2) is 35.8 Å². The van der Waals surface area contributed by atoms with E-state index < -0.39 is 0 Å². The van der Waals surface area contributed by atoms with Gasteiger partial charge in [-0.2, -0.15) is 5.10 Å². The van der Waals surface area contributed by atoms with Gasteiger partial charge in [-0.15, -0.1) is 0 Å². The Morgan fingerprint density at radius 3 is 3.24 bits per heavy atom. The Bertz CT molecular complexity index is 773. The Hall–Kier alpha value is -2.44. The lowest BCUT2D eigenvalue weighted by Crippen LogP contribution is -2.27. The van der Waals surface area contributed by atoms with Crippen molar-refractivity contribution in [3.05, 3.63) is 30.1 Å². The number of rotatable bonds is 3. The average molecular weight is 283 g/mol. The number of fused-ring (bicyclic) bond motifs is 2. The molecule has 0 bridgehead atoms. The molecule has 0 radical (unpaired) electrons. The van der Waals surface area contributed by atoms with Gasteiger partial charge >= 0.3 is 0 Å². The van der Waals surface area contributed by atoms with E-state index in [9.17, 15) is 0 Å². The van der Waals surface area contributed by atoms with Gasteiger partial charge in [-0.25, -0.2) is 15.0 Å². The van der Waals surface area contributed by atoms with Gasteiger partial charge in [0.15, 0.2) is 11.5 Å². The lowest BCUT2D eigenvalue weighted by molar-refractivity contribution is 0.603. The molecule has 0 spiro atoms. The molecule has 21 heavy (non-hydrogen) atoms. The molecular weight excluding hydrogens is 266 g/mol. The lowest BCUT2D eigenvalue weighted by atomic mass is 9.93. The summed E-state index contributed by atoms with van der Waals surface area (Å²) in [4.78, 5) is 13.1. The number of nitrogens with zero attached hydrogens (tertiary/aromatic N) is 5. The van der Waals surface area contributed by atoms with Crippen molar-refractivity contribution in [2.45, 2.75) is 38.8 Å². The molecule has 2 N–H and O–H groups in total. The highest BCUT2D eigenvalue weighted by molar-refractivity contribution is 5.82. The van der Waals surface area contributed by atoms with E-state index in [1.165, 1.54) is 11.3 Å². The smallest absolute Gasteiger partial charge is 0.165 e. The van der Waals surface area contributed by atoms with Crippen LogP contribution < -0.4 is 5.32 Å². The molecular formula is C14H17N7. The molecule has 1 aliphatic carbocycles. The van der Waals surface area contributed by atoms with Crippen LogP contribution in [-0.2, 0) is 19.4 Å². The molecule has 3 heterocycles. The third-order valence-corrected chi connectivity index (χ3v) is 4.10. The maximum absolute atomic E-state index is 4.45. The van der Waals surface area contributed by atoms with Crippen LogP contribution in [0.15, 0.2) is 18.9 Å². The molecule has 7 heteroatoms. The summed E-state index contributed by atoms with van der Waals surface area (Å²) in [5, 5.41) is 10.7. The van der Waals surface area contributed by atoms with E-state index >= 15 is 0 Å². The Labute approximate surface area is 121 Å². The summed E-state index contributed by atoms with van der Waals surface area (Å²) in [5.41, 5.74) is 4.28. The number of aryl methyl sites for hydroxylation is 2. The van der Waals surface area contributed by atoms with E-state index in [0.717, 1.165) is 42.8 Å². The van der Waals surface area contributed by atoms with E-state index in [4.69, 9.17) is 0 Å². The largest absolute Gasteiger partial charge is 0.365 e. The number of hydrogen-bond donors (Lipinski definition) is 2.